The molecule has 3 nitrogen and oxygen atoms in total. The smallest absolute Gasteiger partial charge is 0.0589 e. The molecule has 1 N–H and O–H groups in total. The molecule has 0 aromatic heterocycles. The Morgan fingerprint density at radius 3 is 2.52 bits per heavy atom. The van der Waals surface area contributed by atoms with Gasteiger partial charge in [0.25, 0.3) is 0 Å². The Bertz CT molecular complexity index is 379. The van der Waals surface area contributed by atoms with E-state index in [4.69, 9.17) is 4.74 Å². The fourth-order valence-electron chi connectivity index (χ4n) is 2.57. The Morgan fingerprint density at radius 2 is 1.90 bits per heavy atom. The number of nitrogens with zero attached hydrogens (tertiary/aromatic N) is 1. The fourth-order valence-corrected chi connectivity index (χ4v) is 2.57. The fraction of sp³-hybridized carbons (Fsp3) is 0.667. The SMILES string of the molecule is CCNCCc1ccccc1CN(CCOC)CC(C)C. The van der Waals surface area contributed by atoms with E-state index in [1.165, 1.54) is 11.1 Å². The highest BCUT2D eigenvalue weighted by Crippen LogP contribution is 2.13. The lowest BCUT2D eigenvalue weighted by atomic mass is 10.0. The molecule has 21 heavy (non-hydrogen) atoms. The van der Waals surface area contributed by atoms with E-state index >= 15 is 0 Å². The molecule has 0 heterocycles. The van der Waals surface area contributed by atoms with Crippen LogP contribution in [0.3, 0.4) is 0 Å². The van der Waals surface area contributed by atoms with Crippen LogP contribution in [0, 0.1) is 5.92 Å². The zero-order valence-corrected chi connectivity index (χ0v) is 14.2. The molecule has 0 atom stereocenters. The largest absolute Gasteiger partial charge is 0.383 e. The minimum Gasteiger partial charge on any atom is -0.383 e. The van der Waals surface area contributed by atoms with E-state index in [1.54, 1.807) is 7.11 Å². The standard InChI is InChI=1S/C18H32N2O/c1-5-19-11-10-17-8-6-7-9-18(17)15-20(12-13-21-4)14-16(2)3/h6-9,16,19H,5,10-15H2,1-4H3. The summed E-state index contributed by atoms with van der Waals surface area (Å²) in [6.07, 6.45) is 1.10. The topological polar surface area (TPSA) is 24.5 Å². The second kappa shape index (κ2) is 10.8. The third kappa shape index (κ3) is 7.60. The van der Waals surface area contributed by atoms with Crippen molar-refractivity contribution < 1.29 is 4.74 Å². The van der Waals surface area contributed by atoms with Gasteiger partial charge in [-0.25, -0.2) is 0 Å². The lowest BCUT2D eigenvalue weighted by Gasteiger charge is -2.25. The van der Waals surface area contributed by atoms with Crippen molar-refractivity contribution in [1.29, 1.82) is 0 Å². The maximum atomic E-state index is 5.25. The Kier molecular flexibility index (Phi) is 9.31. The average molecular weight is 292 g/mol. The van der Waals surface area contributed by atoms with E-state index in [2.05, 4.69) is 55.3 Å². The van der Waals surface area contributed by atoms with Crippen LogP contribution in [0.15, 0.2) is 24.3 Å². The summed E-state index contributed by atoms with van der Waals surface area (Å²) in [7, 11) is 1.78. The maximum absolute atomic E-state index is 5.25. The van der Waals surface area contributed by atoms with Crippen LogP contribution in [-0.2, 0) is 17.7 Å². The van der Waals surface area contributed by atoms with Crippen molar-refractivity contribution in [1.82, 2.24) is 10.2 Å². The van der Waals surface area contributed by atoms with Gasteiger partial charge in [-0.3, -0.25) is 4.90 Å². The Balaban J connectivity index is 2.67. The highest BCUT2D eigenvalue weighted by Gasteiger charge is 2.10. The number of hydrogen-bond donors (Lipinski definition) is 1. The van der Waals surface area contributed by atoms with Crippen LogP contribution in [0.25, 0.3) is 0 Å². The highest BCUT2D eigenvalue weighted by molar-refractivity contribution is 5.27. The number of methoxy groups -OCH3 is 1. The van der Waals surface area contributed by atoms with Crippen molar-refractivity contribution in [3.05, 3.63) is 35.4 Å². The van der Waals surface area contributed by atoms with Gasteiger partial charge in [0.05, 0.1) is 6.61 Å². The molecule has 120 valence electrons. The summed E-state index contributed by atoms with van der Waals surface area (Å²) in [5.41, 5.74) is 2.91. The summed E-state index contributed by atoms with van der Waals surface area (Å²) in [6.45, 7) is 12.7. The van der Waals surface area contributed by atoms with Gasteiger partial charge in [-0.15, -0.1) is 0 Å². The van der Waals surface area contributed by atoms with Crippen molar-refractivity contribution in [3.63, 3.8) is 0 Å². The molecule has 0 bridgehead atoms. The lowest BCUT2D eigenvalue weighted by Crippen LogP contribution is -2.31. The molecule has 3 heteroatoms. The van der Waals surface area contributed by atoms with Gasteiger partial charge in [-0.1, -0.05) is 45.0 Å². The van der Waals surface area contributed by atoms with Gasteiger partial charge >= 0.3 is 0 Å². The number of nitrogens with one attached hydrogen (secondary N) is 1. The molecule has 0 fully saturated rings. The summed E-state index contributed by atoms with van der Waals surface area (Å²) in [6, 6.07) is 8.82. The van der Waals surface area contributed by atoms with Gasteiger partial charge in [-0.2, -0.15) is 0 Å². The summed E-state index contributed by atoms with van der Waals surface area (Å²) in [5, 5.41) is 3.41. The van der Waals surface area contributed by atoms with Crippen LogP contribution >= 0.6 is 0 Å². The monoisotopic (exact) mass is 292 g/mol. The first-order valence-corrected chi connectivity index (χ1v) is 8.16. The van der Waals surface area contributed by atoms with E-state index in [0.29, 0.717) is 5.92 Å². The van der Waals surface area contributed by atoms with Crippen molar-refractivity contribution in [2.75, 3.05) is 39.9 Å². The van der Waals surface area contributed by atoms with Crippen LogP contribution < -0.4 is 5.32 Å². The maximum Gasteiger partial charge on any atom is 0.0589 e. The molecule has 1 aromatic rings. The van der Waals surface area contributed by atoms with Crippen LogP contribution in [-0.4, -0.2) is 44.8 Å². The van der Waals surface area contributed by atoms with E-state index in [9.17, 15) is 0 Å². The molecular formula is C18H32N2O. The lowest BCUT2D eigenvalue weighted by molar-refractivity contribution is 0.136. The van der Waals surface area contributed by atoms with Crippen molar-refractivity contribution in [3.8, 4) is 0 Å². The Hall–Kier alpha value is -0.900. The first-order chi connectivity index (χ1) is 10.2. The molecule has 0 radical (unpaired) electrons. The number of hydrogen-bond acceptors (Lipinski definition) is 3. The molecule has 1 rings (SSSR count). The molecule has 1 aromatic carbocycles. The Labute approximate surface area is 130 Å². The number of rotatable bonds is 11. The molecule has 0 saturated heterocycles. The minimum atomic E-state index is 0.677. The predicted octanol–water partition coefficient (Wildman–Crippen LogP) is 2.94. The van der Waals surface area contributed by atoms with Gasteiger partial charge in [0.1, 0.15) is 0 Å². The van der Waals surface area contributed by atoms with Crippen LogP contribution in [0.4, 0.5) is 0 Å². The van der Waals surface area contributed by atoms with Crippen molar-refractivity contribution >= 4 is 0 Å². The average Bonchev–Trinajstić information content (AvgIpc) is 2.46. The molecule has 0 saturated carbocycles. The van der Waals surface area contributed by atoms with Gasteiger partial charge in [0.15, 0.2) is 0 Å². The number of benzene rings is 1. The molecule has 0 unspecified atom stereocenters. The van der Waals surface area contributed by atoms with Crippen molar-refractivity contribution in [2.45, 2.75) is 33.7 Å². The molecule has 0 aliphatic rings. The molecule has 0 spiro atoms. The second-order valence-electron chi connectivity index (χ2n) is 5.99. The number of likely N-dealkylation sites (N-methyl/N-ethyl adjacent to an activating group) is 1. The second-order valence-corrected chi connectivity index (χ2v) is 5.99. The predicted molar refractivity (Wildman–Crippen MR) is 90.7 cm³/mol. The van der Waals surface area contributed by atoms with E-state index < -0.39 is 0 Å². The molecule has 0 aliphatic heterocycles. The summed E-state index contributed by atoms with van der Waals surface area (Å²) < 4.78 is 5.25. The van der Waals surface area contributed by atoms with Gasteiger partial charge in [0, 0.05) is 26.7 Å². The van der Waals surface area contributed by atoms with Crippen molar-refractivity contribution in [2.24, 2.45) is 5.92 Å². The zero-order chi connectivity index (χ0) is 15.5. The third-order valence-electron chi connectivity index (χ3n) is 3.57. The van der Waals surface area contributed by atoms with E-state index in [0.717, 1.165) is 45.8 Å². The first kappa shape index (κ1) is 18.1. The minimum absolute atomic E-state index is 0.677. The van der Waals surface area contributed by atoms with Crippen LogP contribution in [0.5, 0.6) is 0 Å². The molecule has 0 aliphatic carbocycles. The van der Waals surface area contributed by atoms with E-state index in [-0.39, 0.29) is 0 Å². The summed E-state index contributed by atoms with van der Waals surface area (Å²) >= 11 is 0. The Morgan fingerprint density at radius 1 is 1.19 bits per heavy atom. The molecular weight excluding hydrogens is 260 g/mol. The normalized spacial score (nSPS) is 11.5. The van der Waals surface area contributed by atoms with Gasteiger partial charge < -0.3 is 10.1 Å². The highest BCUT2D eigenvalue weighted by atomic mass is 16.5. The van der Waals surface area contributed by atoms with Gasteiger partial charge in [0.2, 0.25) is 0 Å². The van der Waals surface area contributed by atoms with Gasteiger partial charge in [-0.05, 0) is 36.6 Å². The number of ether oxygens (including phenoxy) is 1. The molecule has 0 amide bonds. The zero-order valence-electron chi connectivity index (χ0n) is 14.2. The van der Waals surface area contributed by atoms with E-state index in [1.807, 2.05) is 0 Å². The third-order valence-corrected chi connectivity index (χ3v) is 3.57. The summed E-state index contributed by atoms with van der Waals surface area (Å²) in [5.74, 6) is 0.677. The van der Waals surface area contributed by atoms with Crippen LogP contribution in [0.1, 0.15) is 31.9 Å². The first-order valence-electron chi connectivity index (χ1n) is 8.16. The van der Waals surface area contributed by atoms with Crippen LogP contribution in [0.2, 0.25) is 0 Å². The summed E-state index contributed by atoms with van der Waals surface area (Å²) in [4.78, 5) is 2.50. The quantitative estimate of drug-likeness (QED) is 0.635.